The number of aromatic nitrogens is 1. The van der Waals surface area contributed by atoms with Gasteiger partial charge in [-0.3, -0.25) is 0 Å². The average molecular weight is 401 g/mol. The smallest absolute Gasteiger partial charge is 0.339 e. The molecule has 1 atom stereocenters. The summed E-state index contributed by atoms with van der Waals surface area (Å²) < 4.78 is 21.4. The predicted molar refractivity (Wildman–Crippen MR) is 106 cm³/mol. The van der Waals surface area contributed by atoms with Crippen LogP contribution in [0.1, 0.15) is 0 Å². The maximum Gasteiger partial charge on any atom is 0.339 e. The number of para-hydroxylation sites is 1. The lowest BCUT2D eigenvalue weighted by atomic mass is 10.3. The highest BCUT2D eigenvalue weighted by Gasteiger charge is 2.20. The van der Waals surface area contributed by atoms with Gasteiger partial charge in [-0.1, -0.05) is 59.8 Å². The number of pyridine rings is 1. The first kappa shape index (κ1) is 17.3. The zero-order valence-electron chi connectivity index (χ0n) is 13.4. The number of hydrogen-bond donors (Lipinski definition) is 1. The van der Waals surface area contributed by atoms with Gasteiger partial charge in [0.2, 0.25) is 0 Å². The van der Waals surface area contributed by atoms with Crippen molar-refractivity contribution in [3.8, 4) is 0 Å². The summed E-state index contributed by atoms with van der Waals surface area (Å²) in [5.74, 6) is 0. The lowest BCUT2D eigenvalue weighted by molar-refractivity contribution is 0.484. The van der Waals surface area contributed by atoms with E-state index in [1.807, 2.05) is 54.6 Å². The molecular formula is C19H13ClN2O2S2. The van der Waals surface area contributed by atoms with E-state index in [1.165, 1.54) is 11.8 Å². The molecule has 0 aliphatic heterocycles. The van der Waals surface area contributed by atoms with Crippen molar-refractivity contribution in [1.29, 1.82) is 0 Å². The van der Waals surface area contributed by atoms with Gasteiger partial charge < -0.3 is 8.97 Å². The Morgan fingerprint density at radius 1 is 1.04 bits per heavy atom. The van der Waals surface area contributed by atoms with Gasteiger partial charge in [-0.2, -0.15) is 4.72 Å². The maximum atomic E-state index is 12.7. The van der Waals surface area contributed by atoms with Crippen LogP contribution in [-0.2, 0) is 11.4 Å². The second-order valence-corrected chi connectivity index (χ2v) is 8.04. The minimum Gasteiger partial charge on any atom is -0.585 e. The fourth-order valence-electron chi connectivity index (χ4n) is 2.38. The summed E-state index contributed by atoms with van der Waals surface area (Å²) in [6.45, 7) is 0. The number of hydrogen-bond acceptors (Lipinski definition) is 5. The van der Waals surface area contributed by atoms with Crippen molar-refractivity contribution in [1.82, 2.24) is 4.98 Å². The molecule has 0 spiro atoms. The normalized spacial score (nSPS) is 12.2. The third-order valence-electron chi connectivity index (χ3n) is 3.56. The van der Waals surface area contributed by atoms with E-state index in [2.05, 4.69) is 9.71 Å². The van der Waals surface area contributed by atoms with Gasteiger partial charge in [-0.05, 0) is 24.3 Å². The molecule has 2 aromatic heterocycles. The third kappa shape index (κ3) is 3.83. The quantitative estimate of drug-likeness (QED) is 0.431. The van der Waals surface area contributed by atoms with Gasteiger partial charge in [0.05, 0.1) is 5.02 Å². The zero-order chi connectivity index (χ0) is 17.9. The molecule has 4 aromatic rings. The Kier molecular flexibility index (Phi) is 5.08. The van der Waals surface area contributed by atoms with E-state index in [1.54, 1.807) is 18.3 Å². The van der Waals surface area contributed by atoms with E-state index in [0.29, 0.717) is 26.4 Å². The van der Waals surface area contributed by atoms with Gasteiger partial charge in [0, 0.05) is 22.5 Å². The highest BCUT2D eigenvalue weighted by Crippen LogP contribution is 2.34. The minimum atomic E-state index is -1.57. The van der Waals surface area contributed by atoms with Crippen LogP contribution in [0.15, 0.2) is 92.4 Å². The van der Waals surface area contributed by atoms with Crippen molar-refractivity contribution in [2.45, 2.75) is 15.0 Å². The van der Waals surface area contributed by atoms with Crippen LogP contribution in [0.5, 0.6) is 0 Å². The molecule has 26 heavy (non-hydrogen) atoms. The molecule has 0 amide bonds. The van der Waals surface area contributed by atoms with E-state index >= 15 is 0 Å². The monoisotopic (exact) mass is 400 g/mol. The molecule has 7 heteroatoms. The van der Waals surface area contributed by atoms with Crippen molar-refractivity contribution < 1.29 is 8.97 Å². The Bertz CT molecular complexity index is 1010. The van der Waals surface area contributed by atoms with E-state index in [9.17, 15) is 4.55 Å². The molecule has 1 N–H and O–H groups in total. The fraction of sp³-hybridized carbons (Fsp3) is 0. The molecule has 130 valence electrons. The first-order valence-electron chi connectivity index (χ1n) is 7.74. The highest BCUT2D eigenvalue weighted by molar-refractivity contribution is 7.99. The molecular weight excluding hydrogens is 388 g/mol. The summed E-state index contributed by atoms with van der Waals surface area (Å²) >= 11 is 5.97. The van der Waals surface area contributed by atoms with Crippen LogP contribution < -0.4 is 4.72 Å². The Labute approximate surface area is 162 Å². The van der Waals surface area contributed by atoms with E-state index in [-0.39, 0.29) is 0 Å². The Morgan fingerprint density at radius 3 is 2.62 bits per heavy atom. The maximum absolute atomic E-state index is 12.7. The topological polar surface area (TPSA) is 61.1 Å². The largest absolute Gasteiger partial charge is 0.585 e. The van der Waals surface area contributed by atoms with Gasteiger partial charge in [0.1, 0.15) is 27.7 Å². The third-order valence-corrected chi connectivity index (χ3v) is 5.77. The summed E-state index contributed by atoms with van der Waals surface area (Å²) in [5, 5.41) is 2.40. The number of nitrogens with zero attached hydrogens (tertiary/aromatic N) is 1. The van der Waals surface area contributed by atoms with E-state index in [0.717, 1.165) is 10.3 Å². The molecule has 1 unspecified atom stereocenters. The van der Waals surface area contributed by atoms with Gasteiger partial charge >= 0.3 is 5.09 Å². The van der Waals surface area contributed by atoms with Crippen LogP contribution in [0.25, 0.3) is 11.0 Å². The molecule has 0 saturated heterocycles. The summed E-state index contributed by atoms with van der Waals surface area (Å²) in [6, 6.07) is 20.9. The lowest BCUT2D eigenvalue weighted by Crippen LogP contribution is -2.13. The SMILES string of the molecule is [O-][S+](Nc1cc(Cl)cnc1Sc1ccccc1)c1cc2ccccc2o1. The van der Waals surface area contributed by atoms with Gasteiger partial charge in [-0.15, -0.1) is 0 Å². The molecule has 4 rings (SSSR count). The molecule has 0 fully saturated rings. The Morgan fingerprint density at radius 2 is 1.81 bits per heavy atom. The van der Waals surface area contributed by atoms with Crippen molar-refractivity contribution in [2.24, 2.45) is 0 Å². The second-order valence-electron chi connectivity index (χ2n) is 5.40. The standard InChI is InChI=1S/C19H13ClN2O2S2/c20-14-11-16(19(21-12-14)25-15-7-2-1-3-8-15)22-26(23)18-10-13-6-4-5-9-17(13)24-18/h1-12,22H. The lowest BCUT2D eigenvalue weighted by Gasteiger charge is -2.12. The molecule has 0 radical (unpaired) electrons. The van der Waals surface area contributed by atoms with E-state index in [4.69, 9.17) is 16.0 Å². The molecule has 0 saturated carbocycles. The van der Waals surface area contributed by atoms with Gasteiger partial charge in [-0.25, -0.2) is 4.98 Å². The van der Waals surface area contributed by atoms with Crippen LogP contribution in [0, 0.1) is 0 Å². The van der Waals surface area contributed by atoms with Crippen LogP contribution in [0.3, 0.4) is 0 Å². The Balaban J connectivity index is 1.61. The molecule has 0 aliphatic carbocycles. The summed E-state index contributed by atoms with van der Waals surface area (Å²) in [4.78, 5) is 5.39. The van der Waals surface area contributed by atoms with Crippen LogP contribution in [0.2, 0.25) is 5.02 Å². The van der Waals surface area contributed by atoms with Crippen molar-refractivity contribution >= 4 is 51.4 Å². The number of nitrogens with one attached hydrogen (secondary N) is 1. The molecule has 2 heterocycles. The highest BCUT2D eigenvalue weighted by atomic mass is 35.5. The summed E-state index contributed by atoms with van der Waals surface area (Å²) in [5.41, 5.74) is 1.28. The number of fused-ring (bicyclic) bond motifs is 1. The molecule has 0 bridgehead atoms. The van der Waals surface area contributed by atoms with Crippen molar-refractivity contribution in [3.05, 3.63) is 77.9 Å². The number of rotatable bonds is 5. The van der Waals surface area contributed by atoms with Crippen molar-refractivity contribution in [2.75, 3.05) is 4.72 Å². The number of halogens is 1. The number of furan rings is 1. The number of benzene rings is 2. The molecule has 0 aliphatic rings. The predicted octanol–water partition coefficient (Wildman–Crippen LogP) is 5.77. The summed E-state index contributed by atoms with van der Waals surface area (Å²) in [7, 11) is 0. The minimum absolute atomic E-state index is 0.349. The zero-order valence-corrected chi connectivity index (χ0v) is 15.8. The van der Waals surface area contributed by atoms with Gasteiger partial charge in [0.15, 0.2) is 0 Å². The molecule has 4 nitrogen and oxygen atoms in total. The van der Waals surface area contributed by atoms with Crippen LogP contribution in [-0.4, -0.2) is 9.54 Å². The van der Waals surface area contributed by atoms with Crippen LogP contribution in [0.4, 0.5) is 5.69 Å². The second kappa shape index (κ2) is 7.63. The fourth-order valence-corrected chi connectivity index (χ4v) is 4.30. The summed E-state index contributed by atoms with van der Waals surface area (Å²) in [6.07, 6.45) is 1.57. The first-order valence-corrected chi connectivity index (χ1v) is 10.1. The number of anilines is 1. The van der Waals surface area contributed by atoms with E-state index < -0.39 is 11.4 Å². The van der Waals surface area contributed by atoms with Gasteiger partial charge in [0.25, 0.3) is 0 Å². The Hall–Kier alpha value is -2.12. The van der Waals surface area contributed by atoms with Crippen LogP contribution >= 0.6 is 23.4 Å². The first-order chi connectivity index (χ1) is 12.7. The van der Waals surface area contributed by atoms with Crippen molar-refractivity contribution in [3.63, 3.8) is 0 Å². The average Bonchev–Trinajstić information content (AvgIpc) is 3.09. The molecule has 2 aromatic carbocycles.